The Morgan fingerprint density at radius 2 is 2.56 bits per heavy atom. The number of hydrazine groups is 1. The van der Waals surface area contributed by atoms with Gasteiger partial charge in [0.15, 0.2) is 5.11 Å². The molecule has 52 valence electrons. The van der Waals surface area contributed by atoms with E-state index in [4.69, 9.17) is 18.1 Å². The van der Waals surface area contributed by atoms with Gasteiger partial charge in [-0.15, -0.1) is 6.58 Å². The fourth-order valence-electron chi connectivity index (χ4n) is 0.284. The van der Waals surface area contributed by atoms with Gasteiger partial charge in [-0.2, -0.15) is 0 Å². The highest BCUT2D eigenvalue weighted by molar-refractivity contribution is 7.80. The molecule has 0 bridgehead atoms. The summed E-state index contributed by atoms with van der Waals surface area (Å²) in [5.41, 5.74) is 0. The van der Waals surface area contributed by atoms with Crippen molar-refractivity contribution in [2.45, 2.75) is 0 Å². The summed E-state index contributed by atoms with van der Waals surface area (Å²) in [6.07, 6.45) is 1.72. The second-order valence-electron chi connectivity index (χ2n) is 1.59. The number of nitrogens with two attached hydrogens (primary N) is 1. The van der Waals surface area contributed by atoms with Crippen LogP contribution in [0.15, 0.2) is 12.7 Å². The predicted octanol–water partition coefficient (Wildman–Crippen LogP) is -0.148. The van der Waals surface area contributed by atoms with Crippen LogP contribution in [0.25, 0.3) is 0 Å². The van der Waals surface area contributed by atoms with E-state index in [1.807, 2.05) is 0 Å². The Kier molecular flexibility index (Phi) is 4.00. The maximum Gasteiger partial charge on any atom is 0.183 e. The molecular formula is C5H11N3S. The average molecular weight is 145 g/mol. The van der Waals surface area contributed by atoms with Gasteiger partial charge in [0.1, 0.15) is 0 Å². The van der Waals surface area contributed by atoms with Crippen molar-refractivity contribution in [3.63, 3.8) is 0 Å². The zero-order valence-electron chi connectivity index (χ0n) is 5.42. The fourth-order valence-corrected chi connectivity index (χ4v) is 0.368. The Morgan fingerprint density at radius 3 is 2.89 bits per heavy atom. The maximum atomic E-state index is 5.27. The zero-order chi connectivity index (χ0) is 7.28. The minimum atomic E-state index is 0.523. The molecule has 0 unspecified atom stereocenters. The van der Waals surface area contributed by atoms with Crippen molar-refractivity contribution in [1.29, 1.82) is 0 Å². The number of hydrogen-bond acceptors (Lipinski definition) is 2. The van der Waals surface area contributed by atoms with Crippen molar-refractivity contribution < 1.29 is 0 Å². The van der Waals surface area contributed by atoms with Crippen molar-refractivity contribution in [3.05, 3.63) is 12.7 Å². The summed E-state index contributed by atoms with van der Waals surface area (Å²) in [5, 5.41) is 4.72. The molecule has 0 aliphatic rings. The van der Waals surface area contributed by atoms with Gasteiger partial charge in [-0.1, -0.05) is 6.08 Å². The van der Waals surface area contributed by atoms with Crippen molar-refractivity contribution in [2.75, 3.05) is 13.6 Å². The van der Waals surface area contributed by atoms with E-state index in [1.165, 1.54) is 5.01 Å². The zero-order valence-corrected chi connectivity index (χ0v) is 6.24. The van der Waals surface area contributed by atoms with E-state index in [1.54, 1.807) is 13.1 Å². The summed E-state index contributed by atoms with van der Waals surface area (Å²) in [6, 6.07) is 0. The molecule has 0 radical (unpaired) electrons. The van der Waals surface area contributed by atoms with E-state index in [2.05, 4.69) is 11.9 Å². The highest BCUT2D eigenvalue weighted by Gasteiger charge is 1.92. The highest BCUT2D eigenvalue weighted by atomic mass is 32.1. The molecule has 0 atom stereocenters. The van der Waals surface area contributed by atoms with Gasteiger partial charge in [-0.3, -0.25) is 5.01 Å². The number of thiocarbonyl (C=S) groups is 1. The van der Waals surface area contributed by atoms with E-state index in [0.29, 0.717) is 11.7 Å². The Balaban J connectivity index is 3.38. The largest absolute Gasteiger partial charge is 0.358 e. The van der Waals surface area contributed by atoms with Crippen LogP contribution < -0.4 is 11.2 Å². The average Bonchev–Trinajstić information content (AvgIpc) is 1.82. The van der Waals surface area contributed by atoms with Crippen molar-refractivity contribution in [1.82, 2.24) is 10.3 Å². The number of nitrogens with zero attached hydrogens (tertiary/aromatic N) is 1. The lowest BCUT2D eigenvalue weighted by Gasteiger charge is -2.12. The molecular weight excluding hydrogens is 134 g/mol. The molecule has 0 aromatic heterocycles. The third kappa shape index (κ3) is 3.93. The van der Waals surface area contributed by atoms with Crippen LogP contribution in [0.1, 0.15) is 0 Å². The summed E-state index contributed by atoms with van der Waals surface area (Å²) in [4.78, 5) is 0. The first-order valence-electron chi connectivity index (χ1n) is 2.55. The predicted molar refractivity (Wildman–Crippen MR) is 42.7 cm³/mol. The van der Waals surface area contributed by atoms with Gasteiger partial charge < -0.3 is 5.32 Å². The lowest BCUT2D eigenvalue weighted by atomic mass is 10.6. The first-order valence-corrected chi connectivity index (χ1v) is 2.96. The molecule has 0 aliphatic carbocycles. The SMILES string of the molecule is C=CCNC(=S)N(C)N. The van der Waals surface area contributed by atoms with E-state index in [-0.39, 0.29) is 0 Å². The van der Waals surface area contributed by atoms with Gasteiger partial charge in [-0.05, 0) is 12.2 Å². The van der Waals surface area contributed by atoms with Gasteiger partial charge in [-0.25, -0.2) is 5.84 Å². The van der Waals surface area contributed by atoms with Crippen LogP contribution in [0, 0.1) is 0 Å². The molecule has 0 aliphatic heterocycles. The first-order chi connectivity index (χ1) is 4.18. The molecule has 0 amide bonds. The monoisotopic (exact) mass is 145 g/mol. The molecule has 0 rings (SSSR count). The van der Waals surface area contributed by atoms with Crippen molar-refractivity contribution in [3.8, 4) is 0 Å². The third-order valence-electron chi connectivity index (χ3n) is 0.718. The van der Waals surface area contributed by atoms with Crippen LogP contribution in [0.2, 0.25) is 0 Å². The van der Waals surface area contributed by atoms with Gasteiger partial charge in [0.05, 0.1) is 0 Å². The summed E-state index contributed by atoms with van der Waals surface area (Å²) < 4.78 is 0. The second kappa shape index (κ2) is 4.29. The Hall–Kier alpha value is -0.610. The minimum absolute atomic E-state index is 0.523. The minimum Gasteiger partial charge on any atom is -0.358 e. The molecule has 0 aromatic rings. The fraction of sp³-hybridized carbons (Fsp3) is 0.400. The van der Waals surface area contributed by atoms with Crippen LogP contribution in [0.4, 0.5) is 0 Å². The molecule has 0 saturated heterocycles. The lowest BCUT2D eigenvalue weighted by Crippen LogP contribution is -2.41. The Labute approximate surface area is 60.5 Å². The lowest BCUT2D eigenvalue weighted by molar-refractivity contribution is 0.529. The van der Waals surface area contributed by atoms with Crippen LogP contribution in [0.5, 0.6) is 0 Å². The summed E-state index contributed by atoms with van der Waals surface area (Å²) in [7, 11) is 1.68. The molecule has 4 heteroatoms. The van der Waals surface area contributed by atoms with Crippen LogP contribution in [0.3, 0.4) is 0 Å². The first kappa shape index (κ1) is 8.39. The van der Waals surface area contributed by atoms with Gasteiger partial charge in [0.2, 0.25) is 0 Å². The molecule has 3 N–H and O–H groups in total. The quantitative estimate of drug-likeness (QED) is 0.245. The normalized spacial score (nSPS) is 8.22. The number of nitrogens with one attached hydrogen (secondary N) is 1. The molecule has 0 spiro atoms. The summed E-state index contributed by atoms with van der Waals surface area (Å²) in [5.74, 6) is 5.27. The summed E-state index contributed by atoms with van der Waals surface area (Å²) in [6.45, 7) is 4.16. The molecule has 0 aromatic carbocycles. The van der Waals surface area contributed by atoms with Gasteiger partial charge in [0, 0.05) is 13.6 Å². The Bertz CT molecular complexity index is 111. The Morgan fingerprint density at radius 1 is 2.00 bits per heavy atom. The maximum absolute atomic E-state index is 5.27. The standard InChI is InChI=1S/C5H11N3S/c1-3-4-7-5(9)8(2)6/h3H,1,4,6H2,2H3,(H,7,9). The van der Waals surface area contributed by atoms with E-state index < -0.39 is 0 Å². The van der Waals surface area contributed by atoms with E-state index >= 15 is 0 Å². The molecule has 9 heavy (non-hydrogen) atoms. The van der Waals surface area contributed by atoms with E-state index in [9.17, 15) is 0 Å². The van der Waals surface area contributed by atoms with Crippen LogP contribution in [-0.2, 0) is 0 Å². The molecule has 0 fully saturated rings. The highest BCUT2D eigenvalue weighted by Crippen LogP contribution is 1.72. The molecule has 0 heterocycles. The number of rotatable bonds is 2. The van der Waals surface area contributed by atoms with Gasteiger partial charge in [0.25, 0.3) is 0 Å². The van der Waals surface area contributed by atoms with Crippen LogP contribution in [-0.4, -0.2) is 23.7 Å². The molecule has 0 saturated carbocycles. The molecule has 3 nitrogen and oxygen atoms in total. The van der Waals surface area contributed by atoms with Crippen molar-refractivity contribution >= 4 is 17.3 Å². The van der Waals surface area contributed by atoms with Crippen molar-refractivity contribution in [2.24, 2.45) is 5.84 Å². The van der Waals surface area contributed by atoms with Crippen LogP contribution >= 0.6 is 12.2 Å². The summed E-state index contributed by atoms with van der Waals surface area (Å²) >= 11 is 4.79. The number of hydrogen-bond donors (Lipinski definition) is 2. The smallest absolute Gasteiger partial charge is 0.183 e. The second-order valence-corrected chi connectivity index (χ2v) is 1.97. The van der Waals surface area contributed by atoms with E-state index in [0.717, 1.165) is 0 Å². The third-order valence-corrected chi connectivity index (χ3v) is 1.15. The topological polar surface area (TPSA) is 41.3 Å². The van der Waals surface area contributed by atoms with Gasteiger partial charge >= 0.3 is 0 Å².